The number of aliphatic hydroxyl groups is 1. The third-order valence-electron chi connectivity index (χ3n) is 4.62. The number of rotatable bonds is 7. The Balaban J connectivity index is 1.66. The molecule has 0 radical (unpaired) electrons. The summed E-state index contributed by atoms with van der Waals surface area (Å²) in [7, 11) is 1.46. The molecule has 1 aliphatic heterocycles. The Bertz CT molecular complexity index is 848. The summed E-state index contributed by atoms with van der Waals surface area (Å²) in [5, 5.41) is 16.1. The van der Waals surface area contributed by atoms with Crippen molar-refractivity contribution in [2.24, 2.45) is 0 Å². The molecule has 10 heteroatoms. The fourth-order valence-corrected chi connectivity index (χ4v) is 3.29. The van der Waals surface area contributed by atoms with E-state index in [1.807, 2.05) is 31.2 Å². The number of nitrogens with one attached hydrogen (secondary N) is 2. The summed E-state index contributed by atoms with van der Waals surface area (Å²) in [5.41, 5.74) is 7.85. The number of piperidine rings is 1. The topological polar surface area (TPSA) is 139 Å². The van der Waals surface area contributed by atoms with Crippen LogP contribution >= 0.6 is 0 Å². The average Bonchev–Trinajstić information content (AvgIpc) is 2.64. The first-order chi connectivity index (χ1) is 13.9. The highest BCUT2D eigenvalue weighted by Crippen LogP contribution is 2.17. The number of carbonyl (C=O) groups is 1. The Morgan fingerprint density at radius 3 is 2.97 bits per heavy atom. The molecular weight excluding hydrogens is 374 g/mol. The number of likely N-dealkylation sites (tertiary alicyclic amines) is 1. The molecule has 2 atom stereocenters. The van der Waals surface area contributed by atoms with Gasteiger partial charge in [0.25, 0.3) is 0 Å². The normalized spacial score (nSPS) is 19.7. The van der Waals surface area contributed by atoms with Crippen LogP contribution in [-0.4, -0.2) is 69.8 Å². The van der Waals surface area contributed by atoms with E-state index in [0.29, 0.717) is 37.8 Å². The number of anilines is 3. The van der Waals surface area contributed by atoms with Crippen molar-refractivity contribution in [3.8, 4) is 0 Å². The molecule has 1 aromatic heterocycles. The van der Waals surface area contributed by atoms with Crippen LogP contribution in [0.3, 0.4) is 0 Å². The van der Waals surface area contributed by atoms with Gasteiger partial charge in [0.2, 0.25) is 17.8 Å². The second kappa shape index (κ2) is 9.59. The molecule has 0 aliphatic carbocycles. The van der Waals surface area contributed by atoms with Gasteiger partial charge < -0.3 is 26.2 Å². The number of aromatic nitrogens is 3. The number of hydrogen-bond donors (Lipinski definition) is 4. The minimum Gasteiger partial charge on any atom is -0.391 e. The zero-order valence-electron chi connectivity index (χ0n) is 16.6. The second-order valence-electron chi connectivity index (χ2n) is 7.13. The number of nitrogens with zero attached hydrogens (tertiary/aromatic N) is 4. The van der Waals surface area contributed by atoms with Gasteiger partial charge >= 0.3 is 0 Å². The average molecular weight is 401 g/mol. The summed E-state index contributed by atoms with van der Waals surface area (Å²) in [6, 6.07) is 7.48. The van der Waals surface area contributed by atoms with Gasteiger partial charge in [-0.15, -0.1) is 0 Å². The predicted octanol–water partition coefficient (Wildman–Crippen LogP) is 0.204. The molecule has 1 aliphatic rings. The van der Waals surface area contributed by atoms with Crippen molar-refractivity contribution in [1.82, 2.24) is 25.2 Å². The van der Waals surface area contributed by atoms with Gasteiger partial charge in [0.1, 0.15) is 12.4 Å². The van der Waals surface area contributed by atoms with E-state index in [0.717, 1.165) is 11.3 Å². The molecule has 1 fully saturated rings. The number of aliphatic hydroxyl groups excluding tert-OH is 1. The summed E-state index contributed by atoms with van der Waals surface area (Å²) in [6.07, 6.45) is -0.0681. The summed E-state index contributed by atoms with van der Waals surface area (Å²) in [6.45, 7) is 3.53. The maximum atomic E-state index is 11.8. The zero-order valence-corrected chi connectivity index (χ0v) is 16.6. The van der Waals surface area contributed by atoms with Crippen molar-refractivity contribution in [3.63, 3.8) is 0 Å². The van der Waals surface area contributed by atoms with E-state index in [4.69, 9.17) is 10.5 Å². The Kier molecular flexibility index (Phi) is 6.91. The van der Waals surface area contributed by atoms with E-state index in [9.17, 15) is 9.90 Å². The number of hydrogen-bond acceptors (Lipinski definition) is 9. The molecule has 156 valence electrons. The van der Waals surface area contributed by atoms with E-state index in [-0.39, 0.29) is 24.5 Å². The first kappa shape index (κ1) is 20.9. The van der Waals surface area contributed by atoms with E-state index in [1.165, 1.54) is 7.11 Å². The Labute approximate surface area is 169 Å². The van der Waals surface area contributed by atoms with Gasteiger partial charge in [0.05, 0.1) is 18.7 Å². The van der Waals surface area contributed by atoms with Gasteiger partial charge in [-0.1, -0.05) is 12.1 Å². The fourth-order valence-electron chi connectivity index (χ4n) is 3.29. The standard InChI is InChI=1S/C19H27N7O3/c1-12-4-3-5-13(8-12)21-19-24-16(23-18(20)25-19)10-26-7-6-15(27)14(9-26)22-17(28)11-29-2/h3-5,8,14-15,27H,6-7,9-11H2,1-2H3,(H,22,28)(H3,20,21,23,24,25)/t14-,15+/m1/s1. The monoisotopic (exact) mass is 401 g/mol. The number of ether oxygens (including phenoxy) is 1. The Morgan fingerprint density at radius 2 is 2.21 bits per heavy atom. The molecule has 3 rings (SSSR count). The molecule has 2 aromatic rings. The predicted molar refractivity (Wildman–Crippen MR) is 108 cm³/mol. The SMILES string of the molecule is COCC(=O)N[C@@H]1CN(Cc2nc(N)nc(Nc3cccc(C)c3)n2)CC[C@@H]1O. The highest BCUT2D eigenvalue weighted by molar-refractivity contribution is 5.77. The lowest BCUT2D eigenvalue weighted by atomic mass is 10.0. The largest absolute Gasteiger partial charge is 0.391 e. The lowest BCUT2D eigenvalue weighted by molar-refractivity contribution is -0.127. The van der Waals surface area contributed by atoms with Crippen LogP contribution in [0.4, 0.5) is 17.6 Å². The minimum absolute atomic E-state index is 0.0405. The van der Waals surface area contributed by atoms with E-state index in [2.05, 4.69) is 30.5 Å². The van der Waals surface area contributed by atoms with E-state index >= 15 is 0 Å². The summed E-state index contributed by atoms with van der Waals surface area (Å²) >= 11 is 0. The van der Waals surface area contributed by atoms with Gasteiger partial charge in [0.15, 0.2) is 0 Å². The Morgan fingerprint density at radius 1 is 1.38 bits per heavy atom. The smallest absolute Gasteiger partial charge is 0.246 e. The number of nitrogen functional groups attached to an aromatic ring is 1. The van der Waals surface area contributed by atoms with Gasteiger partial charge in [-0.05, 0) is 31.0 Å². The summed E-state index contributed by atoms with van der Waals surface area (Å²) in [4.78, 5) is 26.7. The fraction of sp³-hybridized carbons (Fsp3) is 0.474. The molecule has 10 nitrogen and oxygen atoms in total. The van der Waals surface area contributed by atoms with Crippen LogP contribution in [-0.2, 0) is 16.1 Å². The van der Waals surface area contributed by atoms with Crippen molar-refractivity contribution in [2.75, 3.05) is 37.9 Å². The van der Waals surface area contributed by atoms with E-state index < -0.39 is 6.10 Å². The third-order valence-corrected chi connectivity index (χ3v) is 4.62. The zero-order chi connectivity index (χ0) is 20.8. The summed E-state index contributed by atoms with van der Waals surface area (Å²) < 4.78 is 4.83. The molecule has 1 saturated heterocycles. The highest BCUT2D eigenvalue weighted by Gasteiger charge is 2.29. The van der Waals surface area contributed by atoms with Crippen molar-refractivity contribution in [3.05, 3.63) is 35.7 Å². The third kappa shape index (κ3) is 6.08. The highest BCUT2D eigenvalue weighted by atomic mass is 16.5. The molecule has 1 amide bonds. The molecule has 1 aromatic carbocycles. The van der Waals surface area contributed by atoms with Crippen LogP contribution in [0.1, 0.15) is 17.8 Å². The number of amides is 1. The van der Waals surface area contributed by atoms with E-state index in [1.54, 1.807) is 0 Å². The van der Waals surface area contributed by atoms with Crippen LogP contribution < -0.4 is 16.4 Å². The molecular formula is C19H27N7O3. The maximum Gasteiger partial charge on any atom is 0.246 e. The molecule has 0 unspecified atom stereocenters. The second-order valence-corrected chi connectivity index (χ2v) is 7.13. The molecule has 5 N–H and O–H groups in total. The van der Waals surface area contributed by atoms with Crippen LogP contribution in [0.5, 0.6) is 0 Å². The summed E-state index contributed by atoms with van der Waals surface area (Å²) in [5.74, 6) is 0.769. The number of nitrogens with two attached hydrogens (primary N) is 1. The van der Waals surface area contributed by atoms with Gasteiger partial charge in [0, 0.05) is 25.9 Å². The number of aryl methyl sites for hydroxylation is 1. The van der Waals surface area contributed by atoms with Crippen LogP contribution in [0.2, 0.25) is 0 Å². The molecule has 2 heterocycles. The molecule has 0 spiro atoms. The van der Waals surface area contributed by atoms with Crippen LogP contribution in [0.15, 0.2) is 24.3 Å². The van der Waals surface area contributed by atoms with Crippen molar-refractivity contribution < 1.29 is 14.6 Å². The number of benzene rings is 1. The maximum absolute atomic E-state index is 11.8. The molecule has 0 bridgehead atoms. The quantitative estimate of drug-likeness (QED) is 0.512. The van der Waals surface area contributed by atoms with Gasteiger partial charge in [-0.3, -0.25) is 9.69 Å². The Hall–Kier alpha value is -2.82. The van der Waals surface area contributed by atoms with Crippen molar-refractivity contribution in [2.45, 2.75) is 32.0 Å². The first-order valence-corrected chi connectivity index (χ1v) is 9.46. The molecule has 0 saturated carbocycles. The number of carbonyl (C=O) groups excluding carboxylic acids is 1. The number of methoxy groups -OCH3 is 1. The van der Waals surface area contributed by atoms with Crippen LogP contribution in [0, 0.1) is 6.92 Å². The molecule has 29 heavy (non-hydrogen) atoms. The minimum atomic E-state index is -0.603. The lowest BCUT2D eigenvalue weighted by Crippen LogP contribution is -2.55. The van der Waals surface area contributed by atoms with Crippen molar-refractivity contribution >= 4 is 23.5 Å². The van der Waals surface area contributed by atoms with Gasteiger partial charge in [-0.2, -0.15) is 15.0 Å². The first-order valence-electron chi connectivity index (χ1n) is 9.46. The lowest BCUT2D eigenvalue weighted by Gasteiger charge is -2.36. The van der Waals surface area contributed by atoms with Crippen LogP contribution in [0.25, 0.3) is 0 Å². The van der Waals surface area contributed by atoms with Gasteiger partial charge in [-0.25, -0.2) is 0 Å². The van der Waals surface area contributed by atoms with Crippen molar-refractivity contribution in [1.29, 1.82) is 0 Å².